The summed E-state index contributed by atoms with van der Waals surface area (Å²) in [5.41, 5.74) is 2.42. The fraction of sp³-hybridized carbons (Fsp3) is 0.226. The zero-order chi connectivity index (χ0) is 28.3. The number of nitrogens with one attached hydrogen (secondary N) is 2. The van der Waals surface area contributed by atoms with Gasteiger partial charge in [-0.15, -0.1) is 0 Å². The van der Waals surface area contributed by atoms with E-state index in [0.717, 1.165) is 36.8 Å². The number of anilines is 1. The molecule has 2 amide bonds. The van der Waals surface area contributed by atoms with Crippen LogP contribution in [0.2, 0.25) is 0 Å². The van der Waals surface area contributed by atoms with E-state index in [0.29, 0.717) is 14.8 Å². The lowest BCUT2D eigenvalue weighted by atomic mass is 10.00. The van der Waals surface area contributed by atoms with Crippen LogP contribution in [0.3, 0.4) is 0 Å². The van der Waals surface area contributed by atoms with Crippen molar-refractivity contribution in [2.75, 3.05) is 5.32 Å². The second kappa shape index (κ2) is 14.4. The van der Waals surface area contributed by atoms with Crippen LogP contribution in [0.1, 0.15) is 60.1 Å². The van der Waals surface area contributed by atoms with Crippen molar-refractivity contribution in [2.45, 2.75) is 45.3 Å². The second-order valence-electron chi connectivity index (χ2n) is 9.26. The number of hydrogen-bond donors (Lipinski definition) is 2. The van der Waals surface area contributed by atoms with E-state index in [1.165, 1.54) is 4.57 Å². The quantitative estimate of drug-likeness (QED) is 0.140. The molecular weight excluding hydrogens is 619 g/mol. The van der Waals surface area contributed by atoms with Gasteiger partial charge in [0.1, 0.15) is 6.61 Å². The van der Waals surface area contributed by atoms with Gasteiger partial charge >= 0.3 is 11.8 Å². The first-order chi connectivity index (χ1) is 19.4. The Kier molecular flexibility index (Phi) is 10.4. The van der Waals surface area contributed by atoms with Gasteiger partial charge < -0.3 is 15.4 Å². The van der Waals surface area contributed by atoms with Crippen LogP contribution >= 0.6 is 22.6 Å². The summed E-state index contributed by atoms with van der Waals surface area (Å²) in [7, 11) is 0. The first-order valence-electron chi connectivity index (χ1n) is 13.2. The number of unbranched alkanes of at least 4 members (excludes halogenated alkanes) is 2. The van der Waals surface area contributed by atoms with Crippen LogP contribution in [-0.4, -0.2) is 21.6 Å². The summed E-state index contributed by atoms with van der Waals surface area (Å²) in [5, 5.41) is 5.71. The molecule has 0 aliphatic heterocycles. The Bertz CT molecular complexity index is 1480. The topological polar surface area (TPSA) is 102 Å². The zero-order valence-electron chi connectivity index (χ0n) is 22.2. The Morgan fingerprint density at radius 2 is 1.62 bits per heavy atom. The molecule has 3 aromatic carbocycles. The van der Waals surface area contributed by atoms with Crippen LogP contribution in [0.15, 0.2) is 95.9 Å². The Morgan fingerprint density at radius 3 is 2.30 bits per heavy atom. The van der Waals surface area contributed by atoms with E-state index >= 15 is 0 Å². The molecule has 2 N–H and O–H groups in total. The number of ether oxygens (including phenoxy) is 1. The molecule has 8 nitrogen and oxygen atoms in total. The standard InChI is InChI=1S/C31H31IN4O4/c1-2-3-6-15-27(33-31(39)40-21-22-11-7-4-8-12-22)23-16-18-25(19-17-23)36-20-26(32)28(35-30(36)38)34-29(37)24-13-9-5-10-14-24/h4-5,7-14,16-20,27H,2-3,6,15,21H2,1H3,(H,33,39)(H,34,35,37,38)/t27-/m1/s1. The van der Waals surface area contributed by atoms with Crippen molar-refractivity contribution in [3.05, 3.63) is 122 Å². The molecule has 0 aliphatic rings. The van der Waals surface area contributed by atoms with E-state index < -0.39 is 11.8 Å². The van der Waals surface area contributed by atoms with E-state index in [9.17, 15) is 14.4 Å². The van der Waals surface area contributed by atoms with E-state index in [4.69, 9.17) is 4.74 Å². The lowest BCUT2D eigenvalue weighted by Gasteiger charge is -2.20. The van der Waals surface area contributed by atoms with Crippen LogP contribution in [0.5, 0.6) is 0 Å². The van der Waals surface area contributed by atoms with Crippen molar-refractivity contribution in [1.82, 2.24) is 14.9 Å². The lowest BCUT2D eigenvalue weighted by molar-refractivity contribution is 0.102. The Morgan fingerprint density at radius 1 is 0.950 bits per heavy atom. The predicted octanol–water partition coefficient (Wildman–Crippen LogP) is 6.64. The number of halogens is 1. The molecule has 0 unspecified atom stereocenters. The van der Waals surface area contributed by atoms with Gasteiger partial charge in [-0.25, -0.2) is 9.59 Å². The maximum Gasteiger partial charge on any atom is 0.407 e. The van der Waals surface area contributed by atoms with Crippen molar-refractivity contribution in [3.8, 4) is 5.69 Å². The number of alkyl carbamates (subject to hydrolysis) is 1. The molecule has 1 aromatic heterocycles. The summed E-state index contributed by atoms with van der Waals surface area (Å²) in [6, 6.07) is 25.5. The van der Waals surface area contributed by atoms with Crippen molar-refractivity contribution < 1.29 is 14.3 Å². The zero-order valence-corrected chi connectivity index (χ0v) is 24.3. The predicted molar refractivity (Wildman–Crippen MR) is 164 cm³/mol. The summed E-state index contributed by atoms with van der Waals surface area (Å²) in [6.07, 6.45) is 5.02. The van der Waals surface area contributed by atoms with Crippen LogP contribution in [-0.2, 0) is 11.3 Å². The number of hydrogen-bond acceptors (Lipinski definition) is 5. The summed E-state index contributed by atoms with van der Waals surface area (Å²) in [4.78, 5) is 42.1. The summed E-state index contributed by atoms with van der Waals surface area (Å²) < 4.78 is 7.49. The molecule has 0 fully saturated rings. The first kappa shape index (κ1) is 29.0. The minimum absolute atomic E-state index is 0.198. The molecular formula is C31H31IN4O4. The molecule has 0 radical (unpaired) electrons. The molecule has 0 aliphatic carbocycles. The highest BCUT2D eigenvalue weighted by molar-refractivity contribution is 14.1. The molecule has 206 valence electrons. The molecule has 4 rings (SSSR count). The molecule has 4 aromatic rings. The van der Waals surface area contributed by atoms with E-state index in [1.807, 2.05) is 83.3 Å². The second-order valence-corrected chi connectivity index (χ2v) is 10.4. The average Bonchev–Trinajstić information content (AvgIpc) is 2.98. The molecule has 0 bridgehead atoms. The number of carbonyl (C=O) groups is 2. The minimum atomic E-state index is -0.515. The van der Waals surface area contributed by atoms with Crippen LogP contribution in [0.4, 0.5) is 10.6 Å². The largest absolute Gasteiger partial charge is 0.445 e. The number of rotatable bonds is 11. The number of benzene rings is 3. The maximum atomic E-state index is 12.9. The maximum absolute atomic E-state index is 12.9. The normalized spacial score (nSPS) is 11.4. The van der Waals surface area contributed by atoms with E-state index in [2.05, 4.69) is 22.5 Å². The lowest BCUT2D eigenvalue weighted by Crippen LogP contribution is -2.29. The van der Waals surface area contributed by atoms with Gasteiger partial charge in [0.25, 0.3) is 5.91 Å². The summed E-state index contributed by atoms with van der Waals surface area (Å²) in [5.74, 6) is -0.127. The number of nitrogens with zero attached hydrogens (tertiary/aromatic N) is 2. The van der Waals surface area contributed by atoms with E-state index in [1.54, 1.807) is 30.5 Å². The highest BCUT2D eigenvalue weighted by atomic mass is 127. The SMILES string of the molecule is CCCCC[C@@H](NC(=O)OCc1ccccc1)c1ccc(-n2cc(I)c(NC(=O)c3ccccc3)nc2=O)cc1. The third-order valence-electron chi connectivity index (χ3n) is 6.32. The molecule has 9 heteroatoms. The van der Waals surface area contributed by atoms with Gasteiger partial charge in [-0.3, -0.25) is 9.36 Å². The fourth-order valence-corrected chi connectivity index (χ4v) is 4.70. The van der Waals surface area contributed by atoms with Crippen molar-refractivity contribution >= 4 is 40.4 Å². The van der Waals surface area contributed by atoms with Gasteiger partial charge in [0, 0.05) is 11.8 Å². The molecule has 1 heterocycles. The third-order valence-corrected chi connectivity index (χ3v) is 7.11. The molecule has 0 saturated carbocycles. The van der Waals surface area contributed by atoms with Gasteiger partial charge in [-0.05, 0) is 64.4 Å². The highest BCUT2D eigenvalue weighted by Crippen LogP contribution is 2.23. The molecule has 0 spiro atoms. The number of carbonyl (C=O) groups excluding carboxylic acids is 2. The molecule has 40 heavy (non-hydrogen) atoms. The minimum Gasteiger partial charge on any atom is -0.445 e. The average molecular weight is 651 g/mol. The summed E-state index contributed by atoms with van der Waals surface area (Å²) in [6.45, 7) is 2.33. The Balaban J connectivity index is 1.46. The van der Waals surface area contributed by atoms with Crippen molar-refractivity contribution in [3.63, 3.8) is 0 Å². The Labute approximate surface area is 246 Å². The van der Waals surface area contributed by atoms with Gasteiger partial charge in [-0.1, -0.05) is 86.8 Å². The number of aromatic nitrogens is 2. The van der Waals surface area contributed by atoms with Crippen molar-refractivity contribution in [2.24, 2.45) is 0 Å². The smallest absolute Gasteiger partial charge is 0.407 e. The van der Waals surface area contributed by atoms with Gasteiger partial charge in [0.15, 0.2) is 5.82 Å². The monoisotopic (exact) mass is 650 g/mol. The van der Waals surface area contributed by atoms with Crippen LogP contribution in [0, 0.1) is 3.57 Å². The van der Waals surface area contributed by atoms with Gasteiger partial charge in [0.2, 0.25) is 0 Å². The highest BCUT2D eigenvalue weighted by Gasteiger charge is 2.17. The molecule has 0 saturated heterocycles. The van der Waals surface area contributed by atoms with Gasteiger partial charge in [-0.2, -0.15) is 4.98 Å². The fourth-order valence-electron chi connectivity index (χ4n) is 4.17. The first-order valence-corrected chi connectivity index (χ1v) is 14.3. The van der Waals surface area contributed by atoms with Crippen LogP contribution in [0.25, 0.3) is 5.69 Å². The van der Waals surface area contributed by atoms with Crippen molar-refractivity contribution in [1.29, 1.82) is 0 Å². The van der Waals surface area contributed by atoms with Gasteiger partial charge in [0.05, 0.1) is 15.3 Å². The number of amides is 2. The Hall–Kier alpha value is -3.99. The third kappa shape index (κ3) is 8.01. The van der Waals surface area contributed by atoms with Crippen LogP contribution < -0.4 is 16.3 Å². The van der Waals surface area contributed by atoms with E-state index in [-0.39, 0.29) is 24.4 Å². The summed E-state index contributed by atoms with van der Waals surface area (Å²) >= 11 is 2.04. The molecule has 1 atom stereocenters.